The average Bonchev–Trinajstić information content (AvgIpc) is 1.27. The Kier molecular flexibility index (Phi) is 5.87. The molecule has 48 valence electrons. The van der Waals surface area contributed by atoms with Gasteiger partial charge in [0.05, 0.1) is 0 Å². The van der Waals surface area contributed by atoms with Crippen LogP contribution in [-0.4, -0.2) is 5.71 Å². The number of hydrogen-bond acceptors (Lipinski definition) is 2. The van der Waals surface area contributed by atoms with Gasteiger partial charge in [0.1, 0.15) is 0 Å². The summed E-state index contributed by atoms with van der Waals surface area (Å²) in [7, 11) is 0. The van der Waals surface area contributed by atoms with Gasteiger partial charge in [0, 0.05) is 5.71 Å². The molecule has 8 heavy (non-hydrogen) atoms. The molecule has 0 amide bonds. The highest BCUT2D eigenvalue weighted by Crippen LogP contribution is 1.86. The summed E-state index contributed by atoms with van der Waals surface area (Å²) in [6.07, 6.45) is 1.83. The van der Waals surface area contributed by atoms with Crippen molar-refractivity contribution in [2.45, 2.75) is 20.8 Å². The SMILES string of the molecule is CC(=N)C=C(C)C.N. The van der Waals surface area contributed by atoms with Gasteiger partial charge in [0.2, 0.25) is 0 Å². The summed E-state index contributed by atoms with van der Waals surface area (Å²) in [6, 6.07) is 0. The maximum atomic E-state index is 6.95. The Morgan fingerprint density at radius 3 is 1.62 bits per heavy atom. The molecule has 0 fully saturated rings. The third kappa shape index (κ3) is 9.03. The van der Waals surface area contributed by atoms with Crippen molar-refractivity contribution < 1.29 is 0 Å². The van der Waals surface area contributed by atoms with Crippen molar-refractivity contribution in [1.29, 1.82) is 5.41 Å². The van der Waals surface area contributed by atoms with Gasteiger partial charge in [-0.3, -0.25) is 0 Å². The predicted molar refractivity (Wildman–Crippen MR) is 37.9 cm³/mol. The third-order valence-corrected chi connectivity index (χ3v) is 0.505. The molecule has 2 nitrogen and oxygen atoms in total. The molecule has 0 atom stereocenters. The van der Waals surface area contributed by atoms with Gasteiger partial charge in [-0.05, 0) is 26.8 Å². The summed E-state index contributed by atoms with van der Waals surface area (Å²) in [4.78, 5) is 0. The lowest BCUT2D eigenvalue weighted by Gasteiger charge is -1.83. The van der Waals surface area contributed by atoms with E-state index in [4.69, 9.17) is 5.41 Å². The lowest BCUT2D eigenvalue weighted by atomic mass is 10.3. The zero-order valence-electron chi connectivity index (χ0n) is 5.78. The molecule has 0 aliphatic rings. The predicted octanol–water partition coefficient (Wildman–Crippen LogP) is 2.15. The average molecular weight is 114 g/mol. The van der Waals surface area contributed by atoms with Crippen LogP contribution in [0.4, 0.5) is 0 Å². The Bertz CT molecular complexity index is 99.1. The Labute approximate surface area is 50.7 Å². The van der Waals surface area contributed by atoms with Crippen LogP contribution in [0.1, 0.15) is 20.8 Å². The summed E-state index contributed by atoms with van der Waals surface area (Å²) in [5.74, 6) is 0. The molecular formula is C6H14N2. The highest BCUT2D eigenvalue weighted by atomic mass is 14.4. The first-order chi connectivity index (χ1) is 3.13. The molecule has 2 heteroatoms. The van der Waals surface area contributed by atoms with E-state index in [2.05, 4.69) is 0 Å². The van der Waals surface area contributed by atoms with Crippen LogP contribution in [-0.2, 0) is 0 Å². The smallest absolute Gasteiger partial charge is 0.0282 e. The van der Waals surface area contributed by atoms with Crippen LogP contribution in [0.25, 0.3) is 0 Å². The number of rotatable bonds is 1. The monoisotopic (exact) mass is 114 g/mol. The van der Waals surface area contributed by atoms with E-state index in [0.29, 0.717) is 5.71 Å². The number of nitrogens with one attached hydrogen (secondary N) is 1. The molecular weight excluding hydrogens is 100 g/mol. The van der Waals surface area contributed by atoms with Gasteiger partial charge in [0.25, 0.3) is 0 Å². The maximum absolute atomic E-state index is 6.95. The van der Waals surface area contributed by atoms with Crippen LogP contribution in [0.2, 0.25) is 0 Å². The fourth-order valence-electron chi connectivity index (χ4n) is 0.433. The molecule has 0 spiro atoms. The third-order valence-electron chi connectivity index (χ3n) is 0.505. The molecule has 0 unspecified atom stereocenters. The van der Waals surface area contributed by atoms with Gasteiger partial charge < -0.3 is 11.6 Å². The van der Waals surface area contributed by atoms with E-state index in [-0.39, 0.29) is 6.15 Å². The minimum Gasteiger partial charge on any atom is -0.344 e. The van der Waals surface area contributed by atoms with E-state index in [0.717, 1.165) is 0 Å². The van der Waals surface area contributed by atoms with Crippen LogP contribution in [0.5, 0.6) is 0 Å². The van der Waals surface area contributed by atoms with E-state index in [1.165, 1.54) is 5.57 Å². The van der Waals surface area contributed by atoms with Gasteiger partial charge in [-0.1, -0.05) is 5.57 Å². The molecule has 0 aliphatic heterocycles. The van der Waals surface area contributed by atoms with Crippen LogP contribution in [0.3, 0.4) is 0 Å². The summed E-state index contributed by atoms with van der Waals surface area (Å²) < 4.78 is 0. The molecule has 0 aliphatic carbocycles. The molecule has 0 heterocycles. The van der Waals surface area contributed by atoms with Crippen LogP contribution in [0.15, 0.2) is 11.6 Å². The van der Waals surface area contributed by atoms with Gasteiger partial charge >= 0.3 is 0 Å². The van der Waals surface area contributed by atoms with Gasteiger partial charge in [0.15, 0.2) is 0 Å². The lowest BCUT2D eigenvalue weighted by molar-refractivity contribution is 1.38. The van der Waals surface area contributed by atoms with Crippen molar-refractivity contribution in [2.75, 3.05) is 0 Å². The molecule has 0 aromatic heterocycles. The molecule has 0 aromatic carbocycles. The zero-order valence-corrected chi connectivity index (χ0v) is 5.78. The standard InChI is InChI=1S/C6H11N.H3N/c1-5(2)4-6(3)7;/h4,7H,1-3H3;1H3. The lowest BCUT2D eigenvalue weighted by Crippen LogP contribution is -1.78. The molecule has 4 N–H and O–H groups in total. The molecule has 0 saturated heterocycles. The van der Waals surface area contributed by atoms with Crippen LogP contribution in [0, 0.1) is 5.41 Å². The van der Waals surface area contributed by atoms with Crippen LogP contribution >= 0.6 is 0 Å². The van der Waals surface area contributed by atoms with E-state index in [9.17, 15) is 0 Å². The normalized spacial score (nSPS) is 6.88. The minimum atomic E-state index is 0. The van der Waals surface area contributed by atoms with Crippen molar-refractivity contribution in [1.82, 2.24) is 6.15 Å². The first-order valence-electron chi connectivity index (χ1n) is 2.33. The zero-order chi connectivity index (χ0) is 5.86. The molecule has 0 saturated carbocycles. The topological polar surface area (TPSA) is 58.9 Å². The Balaban J connectivity index is 0. The van der Waals surface area contributed by atoms with Gasteiger partial charge in [-0.2, -0.15) is 0 Å². The quantitative estimate of drug-likeness (QED) is 0.504. The molecule has 0 rings (SSSR count). The number of allylic oxidation sites excluding steroid dienone is 2. The first kappa shape index (κ1) is 10.4. The van der Waals surface area contributed by atoms with Crippen molar-refractivity contribution in [3.05, 3.63) is 11.6 Å². The Morgan fingerprint density at radius 2 is 1.62 bits per heavy atom. The van der Waals surface area contributed by atoms with Crippen molar-refractivity contribution in [3.63, 3.8) is 0 Å². The fourth-order valence-corrected chi connectivity index (χ4v) is 0.433. The Hall–Kier alpha value is -0.630. The van der Waals surface area contributed by atoms with Gasteiger partial charge in [-0.25, -0.2) is 0 Å². The largest absolute Gasteiger partial charge is 0.344 e. The first-order valence-corrected chi connectivity index (χ1v) is 2.33. The second-order valence-electron chi connectivity index (χ2n) is 1.90. The second-order valence-corrected chi connectivity index (χ2v) is 1.90. The van der Waals surface area contributed by atoms with Crippen molar-refractivity contribution in [3.8, 4) is 0 Å². The highest BCUT2D eigenvalue weighted by molar-refractivity contribution is 5.90. The second kappa shape index (κ2) is 4.53. The fraction of sp³-hybridized carbons (Fsp3) is 0.500. The van der Waals surface area contributed by atoms with E-state index in [1.807, 2.05) is 19.9 Å². The van der Waals surface area contributed by atoms with E-state index in [1.54, 1.807) is 6.92 Å². The summed E-state index contributed by atoms with van der Waals surface area (Å²) in [6.45, 7) is 5.74. The molecule has 0 aromatic rings. The van der Waals surface area contributed by atoms with Crippen molar-refractivity contribution in [2.24, 2.45) is 0 Å². The van der Waals surface area contributed by atoms with E-state index < -0.39 is 0 Å². The highest BCUT2D eigenvalue weighted by Gasteiger charge is 1.75. The summed E-state index contributed by atoms with van der Waals surface area (Å²) in [5.41, 5.74) is 1.81. The van der Waals surface area contributed by atoms with Gasteiger partial charge in [-0.15, -0.1) is 0 Å². The number of hydrogen-bond donors (Lipinski definition) is 2. The van der Waals surface area contributed by atoms with Crippen LogP contribution < -0.4 is 6.15 Å². The summed E-state index contributed by atoms with van der Waals surface area (Å²) >= 11 is 0. The van der Waals surface area contributed by atoms with E-state index >= 15 is 0 Å². The molecule has 0 radical (unpaired) electrons. The Morgan fingerprint density at radius 1 is 1.25 bits per heavy atom. The van der Waals surface area contributed by atoms with Crippen molar-refractivity contribution >= 4 is 5.71 Å². The summed E-state index contributed by atoms with van der Waals surface area (Å²) in [5, 5.41) is 6.95. The molecule has 0 bridgehead atoms. The minimum absolute atomic E-state index is 0. The maximum Gasteiger partial charge on any atom is 0.0282 e.